The van der Waals surface area contributed by atoms with Crippen molar-refractivity contribution in [3.63, 3.8) is 0 Å². The molecule has 0 saturated carbocycles. The molecule has 2 aliphatic heterocycles. The van der Waals surface area contributed by atoms with E-state index in [0.717, 1.165) is 50.4 Å². The predicted octanol–water partition coefficient (Wildman–Crippen LogP) is 5.90. The van der Waals surface area contributed by atoms with Gasteiger partial charge in [-0.05, 0) is 74.6 Å². The Morgan fingerprint density at radius 1 is 1.09 bits per heavy atom. The number of rotatable bonds is 7. The molecule has 3 aromatic rings. The molecule has 234 valence electrons. The van der Waals surface area contributed by atoms with Crippen LogP contribution < -0.4 is 15.5 Å². The topological polar surface area (TPSA) is 106 Å². The fraction of sp³-hybridized carbons (Fsp3) is 0.438. The van der Waals surface area contributed by atoms with E-state index in [2.05, 4.69) is 25.5 Å². The lowest BCUT2D eigenvalue weighted by Gasteiger charge is -2.37. The molecule has 0 aliphatic carbocycles. The van der Waals surface area contributed by atoms with Gasteiger partial charge in [-0.3, -0.25) is 4.79 Å². The first-order chi connectivity index (χ1) is 20.7. The first kappa shape index (κ1) is 31.2. The molecule has 3 heterocycles. The van der Waals surface area contributed by atoms with E-state index >= 15 is 0 Å². The van der Waals surface area contributed by atoms with E-state index in [-0.39, 0.29) is 17.8 Å². The molecule has 2 N–H and O–H groups in total. The average molecular weight is 612 g/mol. The fourth-order valence-corrected chi connectivity index (χ4v) is 5.34. The molecule has 1 aromatic heterocycles. The summed E-state index contributed by atoms with van der Waals surface area (Å²) in [6, 6.07) is 11.6. The summed E-state index contributed by atoms with van der Waals surface area (Å²) in [5, 5.41) is 5.52. The lowest BCUT2D eigenvalue weighted by molar-refractivity contribution is -0.137. The monoisotopic (exact) mass is 611 g/mol. The molecule has 1 atom stereocenters. The van der Waals surface area contributed by atoms with Crippen LogP contribution in [0.15, 0.2) is 54.7 Å². The van der Waals surface area contributed by atoms with Gasteiger partial charge in [-0.2, -0.15) is 13.2 Å². The Kier molecular flexibility index (Phi) is 8.57. The molecule has 0 radical (unpaired) electrons. The molecule has 2 amide bonds. The van der Waals surface area contributed by atoms with Crippen LogP contribution >= 0.6 is 0 Å². The molecule has 2 saturated heterocycles. The van der Waals surface area contributed by atoms with Gasteiger partial charge >= 0.3 is 12.3 Å². The van der Waals surface area contributed by atoms with Crippen LogP contribution in [0.5, 0.6) is 0 Å². The molecule has 9 nitrogen and oxygen atoms in total. The van der Waals surface area contributed by atoms with Gasteiger partial charge in [0.2, 0.25) is 5.82 Å². The number of nitrogens with zero attached hydrogens (tertiary/aromatic N) is 3. The van der Waals surface area contributed by atoms with Crippen LogP contribution in [0.2, 0.25) is 0 Å². The van der Waals surface area contributed by atoms with Crippen LogP contribution in [0.3, 0.4) is 0 Å². The van der Waals surface area contributed by atoms with Crippen molar-refractivity contribution < 1.29 is 32.2 Å². The summed E-state index contributed by atoms with van der Waals surface area (Å²) >= 11 is 0. The summed E-state index contributed by atoms with van der Waals surface area (Å²) < 4.78 is 51.3. The number of ether oxygens (including phenoxy) is 2. The maximum atomic E-state index is 13.6. The van der Waals surface area contributed by atoms with Gasteiger partial charge in [0.05, 0.1) is 24.8 Å². The number of halogens is 3. The van der Waals surface area contributed by atoms with E-state index in [1.807, 2.05) is 0 Å². The summed E-state index contributed by atoms with van der Waals surface area (Å²) in [6.45, 7) is 10.1. The lowest BCUT2D eigenvalue weighted by Crippen LogP contribution is -2.44. The van der Waals surface area contributed by atoms with E-state index < -0.39 is 35.4 Å². The van der Waals surface area contributed by atoms with Crippen LogP contribution in [0.1, 0.15) is 67.5 Å². The van der Waals surface area contributed by atoms with Crippen LogP contribution in [-0.4, -0.2) is 53.9 Å². The number of alkyl halides is 3. The highest BCUT2D eigenvalue weighted by Gasteiger charge is 2.44. The highest BCUT2D eigenvalue weighted by molar-refractivity contribution is 5.91. The fourth-order valence-electron chi connectivity index (χ4n) is 5.34. The molecule has 2 aromatic carbocycles. The molecule has 0 unspecified atom stereocenters. The maximum Gasteiger partial charge on any atom is 0.416 e. The molecule has 12 heteroatoms. The normalized spacial score (nSPS) is 16.8. The van der Waals surface area contributed by atoms with Gasteiger partial charge in [0.15, 0.2) is 0 Å². The number of hydrogen-bond donors (Lipinski definition) is 2. The molecule has 5 rings (SSSR count). The Labute approximate surface area is 254 Å². The maximum absolute atomic E-state index is 13.6. The summed E-state index contributed by atoms with van der Waals surface area (Å²) in [5.74, 6) is 0.324. The molecule has 2 fully saturated rings. The SMILES string of the molecule is C[C@@H](NC(=O)c1nccc(N2CCC3(COC3)C2)n1)c1ccc(-c2cc(C(F)(F)F)ccc2CNC(=O)OC(C)(C)C)cc1. The second kappa shape index (κ2) is 12.1. The number of nitrogens with one attached hydrogen (secondary N) is 2. The molecule has 0 bridgehead atoms. The minimum Gasteiger partial charge on any atom is -0.444 e. The van der Waals surface area contributed by atoms with Gasteiger partial charge in [0, 0.05) is 31.2 Å². The highest BCUT2D eigenvalue weighted by atomic mass is 19.4. The third-order valence-electron chi connectivity index (χ3n) is 7.75. The first-order valence-corrected chi connectivity index (χ1v) is 14.5. The highest BCUT2D eigenvalue weighted by Crippen LogP contribution is 2.39. The second-order valence-corrected chi connectivity index (χ2v) is 12.4. The molecular formula is C32H36F3N5O4. The van der Waals surface area contributed by atoms with Crippen molar-refractivity contribution in [3.05, 3.63) is 77.2 Å². The number of benzene rings is 2. The Bertz CT molecular complexity index is 1520. The zero-order chi connectivity index (χ0) is 31.7. The summed E-state index contributed by atoms with van der Waals surface area (Å²) in [6.07, 6.45) is -2.61. The predicted molar refractivity (Wildman–Crippen MR) is 158 cm³/mol. The van der Waals surface area contributed by atoms with Gasteiger partial charge in [0.25, 0.3) is 5.91 Å². The number of hydrogen-bond acceptors (Lipinski definition) is 7. The van der Waals surface area contributed by atoms with Crippen LogP contribution in [-0.2, 0) is 22.2 Å². The summed E-state index contributed by atoms with van der Waals surface area (Å²) in [4.78, 5) is 36.0. The number of carbonyl (C=O) groups is 2. The van der Waals surface area contributed by atoms with Crippen molar-refractivity contribution in [3.8, 4) is 11.1 Å². The number of aromatic nitrogens is 2. The number of alkyl carbamates (subject to hydrolysis) is 1. The van der Waals surface area contributed by atoms with Crippen LogP contribution in [0.4, 0.5) is 23.8 Å². The van der Waals surface area contributed by atoms with Crippen LogP contribution in [0, 0.1) is 5.41 Å². The molecule has 2 aliphatic rings. The second-order valence-electron chi connectivity index (χ2n) is 12.4. The van der Waals surface area contributed by atoms with Crippen molar-refractivity contribution in [2.75, 3.05) is 31.2 Å². The third kappa shape index (κ3) is 7.29. The minimum absolute atomic E-state index is 0.0259. The standard InChI is InChI=1S/C32H36F3N5O4/c1-20(38-28(41)27-36-13-11-26(39-27)40-14-12-31(17-40)18-43-19-31)21-5-7-22(8-6-21)25-15-24(32(33,34)35)10-9-23(25)16-37-29(42)44-30(2,3)4/h5-11,13,15,20H,12,14,16-19H2,1-4H3,(H,37,42)(H,38,41)/t20-/m1/s1. The van der Waals surface area contributed by atoms with Gasteiger partial charge in [-0.15, -0.1) is 0 Å². The van der Waals surface area contributed by atoms with E-state index in [0.29, 0.717) is 22.5 Å². The summed E-state index contributed by atoms with van der Waals surface area (Å²) in [7, 11) is 0. The average Bonchev–Trinajstić information content (AvgIpc) is 3.42. The zero-order valence-corrected chi connectivity index (χ0v) is 25.1. The van der Waals surface area contributed by atoms with E-state index in [1.54, 1.807) is 64.2 Å². The Morgan fingerprint density at radius 3 is 2.43 bits per heavy atom. The molecule has 1 spiro atoms. The van der Waals surface area contributed by atoms with Crippen molar-refractivity contribution in [2.24, 2.45) is 5.41 Å². The van der Waals surface area contributed by atoms with Gasteiger partial charge in [0.1, 0.15) is 11.4 Å². The minimum atomic E-state index is -4.54. The van der Waals surface area contributed by atoms with E-state index in [4.69, 9.17) is 9.47 Å². The Balaban J connectivity index is 1.28. The Morgan fingerprint density at radius 2 is 1.82 bits per heavy atom. The number of anilines is 1. The largest absolute Gasteiger partial charge is 0.444 e. The third-order valence-corrected chi connectivity index (χ3v) is 7.75. The number of amides is 2. The first-order valence-electron chi connectivity index (χ1n) is 14.5. The van der Waals surface area contributed by atoms with Gasteiger partial charge in [-0.25, -0.2) is 14.8 Å². The van der Waals surface area contributed by atoms with E-state index in [9.17, 15) is 22.8 Å². The lowest BCUT2D eigenvalue weighted by atomic mass is 9.85. The smallest absolute Gasteiger partial charge is 0.416 e. The summed E-state index contributed by atoms with van der Waals surface area (Å²) in [5.41, 5.74) is 0.737. The van der Waals surface area contributed by atoms with Crippen molar-refractivity contribution in [1.29, 1.82) is 0 Å². The molecular weight excluding hydrogens is 575 g/mol. The quantitative estimate of drug-likeness (QED) is 0.343. The van der Waals surface area contributed by atoms with Crippen molar-refractivity contribution >= 4 is 17.8 Å². The molecule has 44 heavy (non-hydrogen) atoms. The Hall–Kier alpha value is -4.19. The van der Waals surface area contributed by atoms with Crippen molar-refractivity contribution in [2.45, 2.75) is 58.5 Å². The zero-order valence-electron chi connectivity index (χ0n) is 25.1. The van der Waals surface area contributed by atoms with Crippen molar-refractivity contribution in [1.82, 2.24) is 20.6 Å². The van der Waals surface area contributed by atoms with Gasteiger partial charge < -0.3 is 25.0 Å². The van der Waals surface area contributed by atoms with Gasteiger partial charge in [-0.1, -0.05) is 30.3 Å². The van der Waals surface area contributed by atoms with E-state index in [1.165, 1.54) is 6.07 Å². The number of carbonyl (C=O) groups excluding carboxylic acids is 2. The van der Waals surface area contributed by atoms with Crippen LogP contribution in [0.25, 0.3) is 11.1 Å².